The molecule has 106 valence electrons. The molecule has 0 N–H and O–H groups in total. The van der Waals surface area contributed by atoms with Crippen molar-refractivity contribution in [2.75, 3.05) is 13.2 Å². The summed E-state index contributed by atoms with van der Waals surface area (Å²) < 4.78 is 22.6. The van der Waals surface area contributed by atoms with Crippen LogP contribution in [-0.2, 0) is 13.6 Å². The Morgan fingerprint density at radius 2 is 1.90 bits per heavy atom. The summed E-state index contributed by atoms with van der Waals surface area (Å²) in [7, 11) is -3.82. The van der Waals surface area contributed by atoms with Crippen LogP contribution in [0.15, 0.2) is 24.3 Å². The third-order valence-corrected chi connectivity index (χ3v) is 9.39. The molecule has 1 aliphatic rings. The number of benzene rings is 1. The molecule has 7 heteroatoms. The van der Waals surface area contributed by atoms with Crippen LogP contribution in [0.3, 0.4) is 0 Å². The molecule has 0 spiro atoms. The second kappa shape index (κ2) is 5.81. The van der Waals surface area contributed by atoms with Gasteiger partial charge in [-0.15, -0.1) is 0 Å². The van der Waals surface area contributed by atoms with Crippen LogP contribution >= 0.6 is 7.60 Å². The Morgan fingerprint density at radius 3 is 2.40 bits per heavy atom. The Morgan fingerprint density at radius 1 is 1.30 bits per heavy atom. The van der Waals surface area contributed by atoms with Crippen LogP contribution in [0, 0.1) is 11.3 Å². The summed E-state index contributed by atoms with van der Waals surface area (Å²) in [5.74, 6) is -0.444. The fourth-order valence-electron chi connectivity index (χ4n) is 2.01. The van der Waals surface area contributed by atoms with Gasteiger partial charge in [0.15, 0.2) is 0 Å². The van der Waals surface area contributed by atoms with E-state index in [0.29, 0.717) is 5.56 Å². The van der Waals surface area contributed by atoms with E-state index in [9.17, 15) is 14.6 Å². The Hall–Kier alpha value is -0.951. The predicted molar refractivity (Wildman–Crippen MR) is 75.4 cm³/mol. The number of hydrogen-bond donors (Lipinski definition) is 0. The number of ketones is 1. The average molecular weight is 358 g/mol. The Balaban J connectivity index is 2.55. The van der Waals surface area contributed by atoms with Crippen molar-refractivity contribution in [1.82, 2.24) is 0 Å². The second-order valence-corrected chi connectivity index (χ2v) is 9.51. The molecule has 20 heavy (non-hydrogen) atoms. The van der Waals surface area contributed by atoms with Crippen LogP contribution in [0.4, 0.5) is 0 Å². The summed E-state index contributed by atoms with van der Waals surface area (Å²) in [6.45, 7) is 3.58. The van der Waals surface area contributed by atoms with Gasteiger partial charge in [0, 0.05) is 0 Å². The van der Waals surface area contributed by atoms with Crippen molar-refractivity contribution in [3.05, 3.63) is 29.8 Å². The van der Waals surface area contributed by atoms with Gasteiger partial charge in [-0.1, -0.05) is 0 Å². The minimum atomic E-state index is -3.82. The average Bonchev–Trinajstić information content (AvgIpc) is 2.74. The summed E-state index contributed by atoms with van der Waals surface area (Å²) in [6, 6.07) is 8.92. The molecular weight excluding hydrogens is 344 g/mol. The number of nitrogens with zero attached hydrogens (tertiary/aromatic N) is 1. The third kappa shape index (κ3) is 2.16. The van der Waals surface area contributed by atoms with Gasteiger partial charge >= 0.3 is 123 Å². The quantitative estimate of drug-likeness (QED) is 0.592. The monoisotopic (exact) mass is 359 g/mol. The molecule has 1 aliphatic heterocycles. The van der Waals surface area contributed by atoms with Crippen molar-refractivity contribution >= 4 is 32.8 Å². The number of Topliss-reactive ketones (excluding diaryl/α,β-unsaturated/α-hetero) is 1. The summed E-state index contributed by atoms with van der Waals surface area (Å²) >= 11 is -0.602. The molecule has 1 atom stereocenters. The van der Waals surface area contributed by atoms with Gasteiger partial charge in [-0.3, -0.25) is 0 Å². The van der Waals surface area contributed by atoms with Crippen LogP contribution in [0.2, 0.25) is 0 Å². The van der Waals surface area contributed by atoms with Crippen molar-refractivity contribution in [3.63, 3.8) is 0 Å². The SMILES string of the molecule is CCOP(=O)(OCC)C1(C#N)[Se]c2ccccc2C1=O. The molecule has 0 fully saturated rings. The van der Waals surface area contributed by atoms with E-state index in [-0.39, 0.29) is 13.2 Å². The first-order valence-electron chi connectivity index (χ1n) is 6.18. The third-order valence-electron chi connectivity index (χ3n) is 2.83. The van der Waals surface area contributed by atoms with E-state index in [1.165, 1.54) is 0 Å². The first kappa shape index (κ1) is 15.4. The fourth-order valence-corrected chi connectivity index (χ4v) is 7.67. The molecule has 0 aromatic heterocycles. The molecule has 1 aromatic rings. The molecule has 2 rings (SSSR count). The van der Waals surface area contributed by atoms with Crippen molar-refractivity contribution in [2.45, 2.75) is 17.9 Å². The van der Waals surface area contributed by atoms with E-state index < -0.39 is 32.4 Å². The van der Waals surface area contributed by atoms with Crippen LogP contribution in [0.25, 0.3) is 0 Å². The Kier molecular flexibility index (Phi) is 4.49. The van der Waals surface area contributed by atoms with E-state index >= 15 is 0 Å². The molecule has 0 bridgehead atoms. The van der Waals surface area contributed by atoms with Gasteiger partial charge < -0.3 is 0 Å². The first-order chi connectivity index (χ1) is 9.54. The zero-order valence-electron chi connectivity index (χ0n) is 11.2. The van der Waals surface area contributed by atoms with Gasteiger partial charge in [-0.25, -0.2) is 0 Å². The van der Waals surface area contributed by atoms with E-state index in [2.05, 4.69) is 0 Å². The summed E-state index contributed by atoms with van der Waals surface area (Å²) in [5.41, 5.74) is 0.452. The second-order valence-electron chi connectivity index (χ2n) is 4.02. The number of carbonyl (C=O) groups is 1. The standard InChI is InChI=1S/C13H14NO4PSe/c1-3-17-19(16,18-4-2)13(9-14)12(15)10-7-5-6-8-11(10)20-13/h5-8H,3-4H2,1-2H3. The van der Waals surface area contributed by atoms with E-state index in [1.54, 1.807) is 38.1 Å². The molecule has 0 saturated heterocycles. The van der Waals surface area contributed by atoms with Crippen molar-refractivity contribution < 1.29 is 18.4 Å². The molecule has 1 heterocycles. The van der Waals surface area contributed by atoms with Crippen LogP contribution < -0.4 is 4.46 Å². The molecular formula is C13H14NO4PSe. The maximum atomic E-state index is 13.0. The molecule has 5 nitrogen and oxygen atoms in total. The molecule has 0 aliphatic carbocycles. The normalized spacial score (nSPS) is 21.6. The van der Waals surface area contributed by atoms with Crippen LogP contribution in [-0.4, -0.2) is 38.0 Å². The van der Waals surface area contributed by atoms with Crippen LogP contribution in [0.1, 0.15) is 24.2 Å². The fraction of sp³-hybridized carbons (Fsp3) is 0.385. The number of fused-ring (bicyclic) bond motifs is 1. The molecule has 0 saturated carbocycles. The van der Waals surface area contributed by atoms with Crippen LogP contribution in [0.5, 0.6) is 0 Å². The van der Waals surface area contributed by atoms with Gasteiger partial charge in [0.25, 0.3) is 0 Å². The van der Waals surface area contributed by atoms with Gasteiger partial charge in [-0.05, 0) is 0 Å². The number of nitriles is 1. The van der Waals surface area contributed by atoms with E-state index in [0.717, 1.165) is 4.46 Å². The molecule has 0 amide bonds. The number of carbonyl (C=O) groups excluding carboxylic acids is 1. The van der Waals surface area contributed by atoms with Gasteiger partial charge in [0.1, 0.15) is 0 Å². The Bertz CT molecular complexity index is 617. The van der Waals surface area contributed by atoms with E-state index in [4.69, 9.17) is 9.05 Å². The van der Waals surface area contributed by atoms with Crippen molar-refractivity contribution in [1.29, 1.82) is 5.26 Å². The summed E-state index contributed by atoms with van der Waals surface area (Å²) in [5, 5.41) is 9.56. The first-order valence-corrected chi connectivity index (χ1v) is 9.43. The van der Waals surface area contributed by atoms with Gasteiger partial charge in [-0.2, -0.15) is 0 Å². The predicted octanol–water partition coefficient (Wildman–Crippen LogP) is 1.70. The maximum absolute atomic E-state index is 13.0. The van der Waals surface area contributed by atoms with Gasteiger partial charge in [0.2, 0.25) is 0 Å². The van der Waals surface area contributed by atoms with E-state index in [1.807, 2.05) is 6.07 Å². The zero-order chi connectivity index (χ0) is 14.8. The summed E-state index contributed by atoms with van der Waals surface area (Å²) in [4.78, 5) is 12.6. The van der Waals surface area contributed by atoms with Crippen molar-refractivity contribution in [2.24, 2.45) is 0 Å². The Labute approximate surface area is 124 Å². The molecule has 1 unspecified atom stereocenters. The van der Waals surface area contributed by atoms with Gasteiger partial charge in [0.05, 0.1) is 0 Å². The number of hydrogen-bond acceptors (Lipinski definition) is 5. The topological polar surface area (TPSA) is 76.4 Å². The molecule has 1 aromatic carbocycles. The number of rotatable bonds is 5. The minimum absolute atomic E-state index is 0.125. The van der Waals surface area contributed by atoms with Crippen molar-refractivity contribution in [3.8, 4) is 6.07 Å². The zero-order valence-corrected chi connectivity index (χ0v) is 13.8. The molecule has 0 radical (unpaired) electrons. The summed E-state index contributed by atoms with van der Waals surface area (Å²) in [6.07, 6.45) is 0.